The van der Waals surface area contributed by atoms with Gasteiger partial charge in [0.2, 0.25) is 0 Å². The second kappa shape index (κ2) is 6.40. The van der Waals surface area contributed by atoms with Crippen LogP contribution in [0, 0.1) is 5.92 Å². The first-order chi connectivity index (χ1) is 9.17. The Bertz CT molecular complexity index is 545. The molecule has 2 nitrogen and oxygen atoms in total. The lowest BCUT2D eigenvalue weighted by Crippen LogP contribution is -2.18. The van der Waals surface area contributed by atoms with Crippen molar-refractivity contribution in [1.82, 2.24) is 5.32 Å². The predicted octanol–water partition coefficient (Wildman–Crippen LogP) is 4.22. The van der Waals surface area contributed by atoms with Crippen LogP contribution in [0.1, 0.15) is 31.2 Å². The zero-order chi connectivity index (χ0) is 13.8. The van der Waals surface area contributed by atoms with E-state index in [0.29, 0.717) is 5.92 Å². The third-order valence-electron chi connectivity index (χ3n) is 3.28. The number of hydrogen-bond donors (Lipinski definition) is 1. The van der Waals surface area contributed by atoms with Crippen LogP contribution >= 0.6 is 11.3 Å². The zero-order valence-electron chi connectivity index (χ0n) is 12.2. The molecule has 0 amide bonds. The van der Waals surface area contributed by atoms with Crippen LogP contribution in [-0.4, -0.2) is 13.7 Å². The maximum Gasteiger partial charge on any atom is 0.136 e. The molecule has 0 saturated carbocycles. The molecule has 1 heterocycles. The highest BCUT2D eigenvalue weighted by Gasteiger charge is 2.13. The van der Waals surface area contributed by atoms with Gasteiger partial charge < -0.3 is 10.1 Å². The van der Waals surface area contributed by atoms with E-state index in [-0.39, 0.29) is 0 Å². The van der Waals surface area contributed by atoms with Gasteiger partial charge in [0.1, 0.15) is 5.75 Å². The Kier molecular flexibility index (Phi) is 4.83. The van der Waals surface area contributed by atoms with Crippen LogP contribution in [0.2, 0.25) is 0 Å². The van der Waals surface area contributed by atoms with E-state index < -0.39 is 0 Å². The summed E-state index contributed by atoms with van der Waals surface area (Å²) in [7, 11) is 1.75. The zero-order valence-corrected chi connectivity index (χ0v) is 13.1. The molecular formula is C16H23NOS. The summed E-state index contributed by atoms with van der Waals surface area (Å²) in [6.45, 7) is 8.73. The van der Waals surface area contributed by atoms with E-state index in [2.05, 4.69) is 38.2 Å². The van der Waals surface area contributed by atoms with Crippen molar-refractivity contribution < 1.29 is 4.74 Å². The molecule has 0 spiro atoms. The lowest BCUT2D eigenvalue weighted by molar-refractivity contribution is 0.420. The quantitative estimate of drug-likeness (QED) is 0.853. The van der Waals surface area contributed by atoms with Crippen LogP contribution in [-0.2, 0) is 13.0 Å². The lowest BCUT2D eigenvalue weighted by Gasteiger charge is -2.07. The highest BCUT2D eigenvalue weighted by atomic mass is 32.1. The summed E-state index contributed by atoms with van der Waals surface area (Å²) >= 11 is 1.86. The minimum absolute atomic E-state index is 0.689. The summed E-state index contributed by atoms with van der Waals surface area (Å²) < 4.78 is 6.75. The highest BCUT2D eigenvalue weighted by Crippen LogP contribution is 2.37. The fourth-order valence-corrected chi connectivity index (χ4v) is 3.71. The van der Waals surface area contributed by atoms with Crippen LogP contribution < -0.4 is 10.1 Å². The monoisotopic (exact) mass is 277 g/mol. The SMILES string of the molecule is CCc1c(CNCC(C)C)sc2c(OC)cccc12. The Morgan fingerprint density at radius 1 is 1.32 bits per heavy atom. The third kappa shape index (κ3) is 3.10. The first-order valence-corrected chi connectivity index (χ1v) is 7.77. The largest absolute Gasteiger partial charge is 0.495 e. The first-order valence-electron chi connectivity index (χ1n) is 6.95. The molecule has 1 aromatic heterocycles. The average Bonchev–Trinajstić information content (AvgIpc) is 2.75. The Morgan fingerprint density at radius 3 is 2.74 bits per heavy atom. The lowest BCUT2D eigenvalue weighted by atomic mass is 10.1. The van der Waals surface area contributed by atoms with Gasteiger partial charge in [-0.3, -0.25) is 0 Å². The highest BCUT2D eigenvalue weighted by molar-refractivity contribution is 7.19. The summed E-state index contributed by atoms with van der Waals surface area (Å²) in [5.74, 6) is 1.68. The Balaban J connectivity index is 2.32. The first kappa shape index (κ1) is 14.4. The van der Waals surface area contributed by atoms with Crippen LogP contribution in [0.4, 0.5) is 0 Å². The number of hydrogen-bond acceptors (Lipinski definition) is 3. The predicted molar refractivity (Wildman–Crippen MR) is 84.3 cm³/mol. The number of rotatable bonds is 6. The Hall–Kier alpha value is -1.06. The van der Waals surface area contributed by atoms with Gasteiger partial charge in [-0.1, -0.05) is 32.9 Å². The summed E-state index contributed by atoms with van der Waals surface area (Å²) in [5, 5.41) is 4.90. The summed E-state index contributed by atoms with van der Waals surface area (Å²) in [4.78, 5) is 1.45. The summed E-state index contributed by atoms with van der Waals surface area (Å²) in [6, 6.07) is 6.33. The molecule has 104 valence electrons. The van der Waals surface area contributed by atoms with Gasteiger partial charge >= 0.3 is 0 Å². The fourth-order valence-electron chi connectivity index (χ4n) is 2.36. The minimum Gasteiger partial charge on any atom is -0.495 e. The van der Waals surface area contributed by atoms with Crippen molar-refractivity contribution in [3.05, 3.63) is 28.6 Å². The van der Waals surface area contributed by atoms with Crippen LogP contribution in [0.25, 0.3) is 10.1 Å². The van der Waals surface area contributed by atoms with Crippen molar-refractivity contribution in [3.63, 3.8) is 0 Å². The minimum atomic E-state index is 0.689. The molecule has 19 heavy (non-hydrogen) atoms. The molecule has 2 rings (SSSR count). The smallest absolute Gasteiger partial charge is 0.136 e. The second-order valence-corrected chi connectivity index (χ2v) is 6.32. The summed E-state index contributed by atoms with van der Waals surface area (Å²) in [5.41, 5.74) is 1.47. The molecule has 0 aliphatic carbocycles. The van der Waals surface area contributed by atoms with Crippen LogP contribution in [0.5, 0.6) is 5.75 Å². The van der Waals surface area contributed by atoms with Crippen molar-refractivity contribution in [2.24, 2.45) is 5.92 Å². The van der Waals surface area contributed by atoms with E-state index in [1.807, 2.05) is 17.4 Å². The van der Waals surface area contributed by atoms with Crippen molar-refractivity contribution in [2.45, 2.75) is 33.7 Å². The number of benzene rings is 1. The van der Waals surface area contributed by atoms with E-state index in [1.165, 1.54) is 20.5 Å². The van der Waals surface area contributed by atoms with Crippen LogP contribution in [0.15, 0.2) is 18.2 Å². The molecule has 0 bridgehead atoms. The van der Waals surface area contributed by atoms with E-state index in [9.17, 15) is 0 Å². The van der Waals surface area contributed by atoms with E-state index in [0.717, 1.165) is 25.3 Å². The molecule has 3 heteroatoms. The van der Waals surface area contributed by atoms with Crippen molar-refractivity contribution in [3.8, 4) is 5.75 Å². The van der Waals surface area contributed by atoms with Gasteiger partial charge in [0.15, 0.2) is 0 Å². The number of fused-ring (bicyclic) bond motifs is 1. The molecule has 2 aromatic rings. The molecule has 0 atom stereocenters. The molecule has 0 unspecified atom stereocenters. The fraction of sp³-hybridized carbons (Fsp3) is 0.500. The van der Waals surface area contributed by atoms with Gasteiger partial charge in [-0.15, -0.1) is 11.3 Å². The van der Waals surface area contributed by atoms with Gasteiger partial charge in [-0.05, 0) is 35.9 Å². The van der Waals surface area contributed by atoms with Gasteiger partial charge in [0.25, 0.3) is 0 Å². The normalized spacial score (nSPS) is 11.4. The molecule has 0 aliphatic heterocycles. The van der Waals surface area contributed by atoms with Gasteiger partial charge in [0.05, 0.1) is 11.8 Å². The number of thiophene rings is 1. The molecular weight excluding hydrogens is 254 g/mol. The summed E-state index contributed by atoms with van der Waals surface area (Å²) in [6.07, 6.45) is 1.08. The number of aryl methyl sites for hydroxylation is 1. The molecule has 0 fully saturated rings. The average molecular weight is 277 g/mol. The maximum atomic E-state index is 5.47. The third-order valence-corrected chi connectivity index (χ3v) is 4.54. The van der Waals surface area contributed by atoms with Gasteiger partial charge in [-0.25, -0.2) is 0 Å². The Morgan fingerprint density at radius 2 is 2.11 bits per heavy atom. The van der Waals surface area contributed by atoms with Gasteiger partial charge in [-0.2, -0.15) is 0 Å². The molecule has 0 saturated heterocycles. The van der Waals surface area contributed by atoms with E-state index >= 15 is 0 Å². The molecule has 0 radical (unpaired) electrons. The second-order valence-electron chi connectivity index (χ2n) is 5.22. The maximum absolute atomic E-state index is 5.47. The molecule has 0 aliphatic rings. The Labute approximate surface area is 119 Å². The topological polar surface area (TPSA) is 21.3 Å². The molecule has 1 aromatic carbocycles. The number of nitrogens with one attached hydrogen (secondary N) is 1. The molecule has 1 N–H and O–H groups in total. The van der Waals surface area contributed by atoms with Crippen LogP contribution in [0.3, 0.4) is 0 Å². The van der Waals surface area contributed by atoms with Gasteiger partial charge in [0, 0.05) is 11.4 Å². The number of ether oxygens (including phenoxy) is 1. The van der Waals surface area contributed by atoms with Crippen molar-refractivity contribution in [1.29, 1.82) is 0 Å². The number of methoxy groups -OCH3 is 1. The standard InChI is InChI=1S/C16H23NOS/c1-5-12-13-7-6-8-14(18-4)16(13)19-15(12)10-17-9-11(2)3/h6-8,11,17H,5,9-10H2,1-4H3. The van der Waals surface area contributed by atoms with Crippen molar-refractivity contribution in [2.75, 3.05) is 13.7 Å². The van der Waals surface area contributed by atoms with E-state index in [4.69, 9.17) is 4.74 Å². The van der Waals surface area contributed by atoms with E-state index in [1.54, 1.807) is 7.11 Å². The van der Waals surface area contributed by atoms with Crippen molar-refractivity contribution >= 4 is 21.4 Å².